The second-order valence-corrected chi connectivity index (χ2v) is 11.6. The predicted octanol–water partition coefficient (Wildman–Crippen LogP) is 7.09. The molecule has 1 aromatic heterocycles. The summed E-state index contributed by atoms with van der Waals surface area (Å²) in [7, 11) is 2.03. The number of carbonyl (C=O) groups excluding carboxylic acids is 1. The van der Waals surface area contributed by atoms with Crippen LogP contribution in [-0.4, -0.2) is 27.1 Å². The Morgan fingerprint density at radius 2 is 1.46 bits per heavy atom. The molecule has 0 saturated carbocycles. The lowest BCUT2D eigenvalue weighted by Crippen LogP contribution is -2.30. The molecule has 1 amide bonds. The lowest BCUT2D eigenvalue weighted by molar-refractivity contribution is -0.118. The van der Waals surface area contributed by atoms with Gasteiger partial charge in [-0.05, 0) is 64.6 Å². The molecule has 0 aliphatic carbocycles. The highest BCUT2D eigenvalue weighted by Crippen LogP contribution is 2.28. The quantitative estimate of drug-likeness (QED) is 0.0858. The SMILES string of the molecule is Cl.Cl.Cn1c(CCc2ccc(C(=N)N)cc2)nc2cc(N(Cc3cccc4ccccc34)C(=O)CCc3cccc(C(=N)N)c3)ccc21. The van der Waals surface area contributed by atoms with E-state index >= 15 is 0 Å². The summed E-state index contributed by atoms with van der Waals surface area (Å²) in [4.78, 5) is 20.9. The summed E-state index contributed by atoms with van der Waals surface area (Å²) in [6.45, 7) is 0.426. The molecule has 48 heavy (non-hydrogen) atoms. The third-order valence-corrected chi connectivity index (χ3v) is 8.55. The summed E-state index contributed by atoms with van der Waals surface area (Å²) in [5.74, 6) is 1.04. The molecule has 0 fully saturated rings. The van der Waals surface area contributed by atoms with Crippen LogP contribution in [0.4, 0.5) is 5.69 Å². The van der Waals surface area contributed by atoms with Crippen molar-refractivity contribution in [2.45, 2.75) is 32.2 Å². The van der Waals surface area contributed by atoms with E-state index in [4.69, 9.17) is 27.3 Å². The van der Waals surface area contributed by atoms with Crippen LogP contribution >= 0.6 is 24.8 Å². The van der Waals surface area contributed by atoms with Crippen LogP contribution < -0.4 is 16.4 Å². The Labute approximate surface area is 292 Å². The van der Waals surface area contributed by atoms with Gasteiger partial charge in [0.2, 0.25) is 5.91 Å². The van der Waals surface area contributed by atoms with E-state index < -0.39 is 0 Å². The van der Waals surface area contributed by atoms with Gasteiger partial charge in [-0.2, -0.15) is 0 Å². The van der Waals surface area contributed by atoms with E-state index in [9.17, 15) is 4.79 Å². The maximum absolute atomic E-state index is 14.0. The molecular weight excluding hydrogens is 641 g/mol. The predicted molar refractivity (Wildman–Crippen MR) is 201 cm³/mol. The fraction of sp³-hybridized carbons (Fsp3) is 0.158. The number of nitrogens with zero attached hydrogens (tertiary/aromatic N) is 3. The molecule has 1 heterocycles. The third kappa shape index (κ3) is 7.85. The Balaban J connectivity index is 0.00000260. The molecule has 6 rings (SSSR count). The highest BCUT2D eigenvalue weighted by molar-refractivity contribution is 5.97. The minimum atomic E-state index is 0. The summed E-state index contributed by atoms with van der Waals surface area (Å²) in [5.41, 5.74) is 18.5. The zero-order chi connectivity index (χ0) is 32.2. The number of hydrogen-bond donors (Lipinski definition) is 4. The van der Waals surface area contributed by atoms with Crippen molar-refractivity contribution in [2.24, 2.45) is 18.5 Å². The smallest absolute Gasteiger partial charge is 0.227 e. The molecule has 246 valence electrons. The van der Waals surface area contributed by atoms with Crippen LogP contribution in [0.1, 0.15) is 40.1 Å². The number of rotatable bonds is 11. The topological polar surface area (TPSA) is 138 Å². The van der Waals surface area contributed by atoms with E-state index in [1.807, 2.05) is 90.8 Å². The number of imidazole rings is 1. The highest BCUT2D eigenvalue weighted by Gasteiger charge is 2.20. The molecule has 0 bridgehead atoms. The number of amides is 1. The molecule has 0 saturated heterocycles. The van der Waals surface area contributed by atoms with Crippen molar-refractivity contribution in [3.63, 3.8) is 0 Å². The number of anilines is 1. The number of nitrogens with one attached hydrogen (secondary N) is 2. The molecule has 0 atom stereocenters. The standard InChI is InChI=1S/C38H37N7O.2ClH/c1-44-34-19-18-31(23-33(34)43-35(44)20-14-25-12-16-28(17-13-25)37(39)40)45(24-30-10-5-8-27-7-2-3-11-32(27)30)36(46)21-15-26-6-4-9-29(22-26)38(41)42;;/h2-13,16-19,22-23H,14-15,20-21,24H2,1H3,(H3,39,40)(H3,41,42);2*1H. The monoisotopic (exact) mass is 679 g/mol. The van der Waals surface area contributed by atoms with Gasteiger partial charge >= 0.3 is 0 Å². The summed E-state index contributed by atoms with van der Waals surface area (Å²) >= 11 is 0. The highest BCUT2D eigenvalue weighted by atomic mass is 35.5. The van der Waals surface area contributed by atoms with Gasteiger partial charge in [0.25, 0.3) is 0 Å². The number of halogens is 2. The summed E-state index contributed by atoms with van der Waals surface area (Å²) < 4.78 is 2.11. The van der Waals surface area contributed by atoms with E-state index in [0.717, 1.165) is 62.8 Å². The summed E-state index contributed by atoms with van der Waals surface area (Å²) in [6.07, 6.45) is 2.39. The molecule has 6 N–H and O–H groups in total. The van der Waals surface area contributed by atoms with Crippen molar-refractivity contribution < 1.29 is 4.79 Å². The van der Waals surface area contributed by atoms with E-state index in [1.165, 1.54) is 0 Å². The first kappa shape index (κ1) is 35.7. The van der Waals surface area contributed by atoms with Crippen molar-refractivity contribution in [3.05, 3.63) is 143 Å². The number of carbonyl (C=O) groups is 1. The molecule has 0 aliphatic heterocycles. The van der Waals surface area contributed by atoms with E-state index in [0.29, 0.717) is 30.5 Å². The molecule has 0 unspecified atom stereocenters. The third-order valence-electron chi connectivity index (χ3n) is 8.55. The zero-order valence-electron chi connectivity index (χ0n) is 26.6. The van der Waals surface area contributed by atoms with Crippen LogP contribution in [0.3, 0.4) is 0 Å². The minimum absolute atomic E-state index is 0. The summed E-state index contributed by atoms with van der Waals surface area (Å²) in [5, 5.41) is 17.6. The van der Waals surface area contributed by atoms with Crippen LogP contribution in [0, 0.1) is 10.8 Å². The number of amidine groups is 2. The van der Waals surface area contributed by atoms with Crippen LogP contribution in [0.15, 0.2) is 109 Å². The fourth-order valence-corrected chi connectivity index (χ4v) is 5.94. The minimum Gasteiger partial charge on any atom is -0.384 e. The van der Waals surface area contributed by atoms with Gasteiger partial charge in [0.05, 0.1) is 17.6 Å². The van der Waals surface area contributed by atoms with Crippen LogP contribution in [0.25, 0.3) is 21.8 Å². The number of benzene rings is 5. The van der Waals surface area contributed by atoms with Gasteiger partial charge < -0.3 is 20.9 Å². The maximum Gasteiger partial charge on any atom is 0.227 e. The summed E-state index contributed by atoms with van der Waals surface area (Å²) in [6, 6.07) is 35.8. The Kier molecular flexibility index (Phi) is 11.6. The average molecular weight is 681 g/mol. The van der Waals surface area contributed by atoms with Gasteiger partial charge in [0.1, 0.15) is 17.5 Å². The van der Waals surface area contributed by atoms with Gasteiger partial charge in [0.15, 0.2) is 0 Å². The number of aryl methyl sites for hydroxylation is 4. The second-order valence-electron chi connectivity index (χ2n) is 11.6. The van der Waals surface area contributed by atoms with Crippen LogP contribution in [-0.2, 0) is 37.6 Å². The van der Waals surface area contributed by atoms with Gasteiger partial charge in [-0.3, -0.25) is 15.6 Å². The molecule has 0 radical (unpaired) electrons. The number of fused-ring (bicyclic) bond motifs is 2. The Morgan fingerprint density at radius 1 is 0.750 bits per heavy atom. The van der Waals surface area contributed by atoms with Gasteiger partial charge in [0, 0.05) is 36.7 Å². The molecule has 0 spiro atoms. The second kappa shape index (κ2) is 15.6. The first-order chi connectivity index (χ1) is 22.3. The largest absolute Gasteiger partial charge is 0.384 e. The zero-order valence-corrected chi connectivity index (χ0v) is 28.3. The molecule has 6 aromatic rings. The van der Waals surface area contributed by atoms with Crippen molar-refractivity contribution in [3.8, 4) is 0 Å². The number of nitrogen functional groups attached to an aromatic ring is 2. The van der Waals surface area contributed by atoms with Crippen molar-refractivity contribution in [1.82, 2.24) is 9.55 Å². The van der Waals surface area contributed by atoms with E-state index in [1.54, 1.807) is 6.07 Å². The van der Waals surface area contributed by atoms with Crippen LogP contribution in [0.2, 0.25) is 0 Å². The maximum atomic E-state index is 14.0. The number of hydrogen-bond acceptors (Lipinski definition) is 4. The molecule has 10 heteroatoms. The first-order valence-electron chi connectivity index (χ1n) is 15.4. The molecule has 8 nitrogen and oxygen atoms in total. The number of nitrogens with two attached hydrogens (primary N) is 2. The average Bonchev–Trinajstić information content (AvgIpc) is 3.39. The first-order valence-corrected chi connectivity index (χ1v) is 15.4. The normalized spacial score (nSPS) is 10.7. The van der Waals surface area contributed by atoms with Crippen molar-refractivity contribution in [2.75, 3.05) is 4.90 Å². The van der Waals surface area contributed by atoms with E-state index in [-0.39, 0.29) is 42.4 Å². The van der Waals surface area contributed by atoms with Gasteiger partial charge in [-0.1, -0.05) is 84.9 Å². The Morgan fingerprint density at radius 3 is 2.21 bits per heavy atom. The molecule has 0 aliphatic rings. The Bertz CT molecular complexity index is 2080. The van der Waals surface area contributed by atoms with E-state index in [2.05, 4.69) is 28.8 Å². The van der Waals surface area contributed by atoms with Gasteiger partial charge in [-0.15, -0.1) is 24.8 Å². The lowest BCUT2D eigenvalue weighted by Gasteiger charge is -2.24. The van der Waals surface area contributed by atoms with Crippen molar-refractivity contribution >= 4 is 69.9 Å². The fourth-order valence-electron chi connectivity index (χ4n) is 5.94. The number of aromatic nitrogens is 2. The van der Waals surface area contributed by atoms with Crippen molar-refractivity contribution in [1.29, 1.82) is 10.8 Å². The molecular formula is C38H39Cl2N7O. The molecule has 5 aromatic carbocycles. The van der Waals surface area contributed by atoms with Gasteiger partial charge in [-0.25, -0.2) is 4.98 Å². The lowest BCUT2D eigenvalue weighted by atomic mass is 10.0. The van der Waals surface area contributed by atoms with Crippen LogP contribution in [0.5, 0.6) is 0 Å². The Hall–Kier alpha value is -5.18.